The van der Waals surface area contributed by atoms with E-state index in [1.807, 2.05) is 42.9 Å². The quantitative estimate of drug-likeness (QED) is 0.858. The number of aromatic nitrogens is 2. The molecule has 1 heterocycles. The SMILES string of the molecule is COc1ccc(Nc2nccn2C)cc1C. The van der Waals surface area contributed by atoms with Crippen LogP contribution in [0.25, 0.3) is 0 Å². The average molecular weight is 217 g/mol. The Balaban J connectivity index is 2.23. The van der Waals surface area contributed by atoms with E-state index in [1.54, 1.807) is 13.3 Å². The first-order chi connectivity index (χ1) is 7.70. The Labute approximate surface area is 94.9 Å². The lowest BCUT2D eigenvalue weighted by Gasteiger charge is -2.09. The summed E-state index contributed by atoms with van der Waals surface area (Å²) in [4.78, 5) is 4.20. The number of hydrogen-bond donors (Lipinski definition) is 1. The lowest BCUT2D eigenvalue weighted by molar-refractivity contribution is 0.412. The third kappa shape index (κ3) is 2.00. The predicted molar refractivity (Wildman–Crippen MR) is 64.2 cm³/mol. The van der Waals surface area contributed by atoms with Gasteiger partial charge in [-0.1, -0.05) is 0 Å². The Bertz CT molecular complexity index is 491. The van der Waals surface area contributed by atoms with Crippen molar-refractivity contribution in [2.24, 2.45) is 7.05 Å². The highest BCUT2D eigenvalue weighted by Crippen LogP contribution is 2.23. The number of ether oxygens (including phenoxy) is 1. The molecule has 16 heavy (non-hydrogen) atoms. The molecule has 84 valence electrons. The van der Waals surface area contributed by atoms with Crippen LogP contribution in [-0.4, -0.2) is 16.7 Å². The highest BCUT2D eigenvalue weighted by molar-refractivity contribution is 5.57. The van der Waals surface area contributed by atoms with Crippen molar-refractivity contribution in [2.45, 2.75) is 6.92 Å². The molecule has 0 unspecified atom stereocenters. The van der Waals surface area contributed by atoms with Gasteiger partial charge < -0.3 is 14.6 Å². The summed E-state index contributed by atoms with van der Waals surface area (Å²) in [5, 5.41) is 3.24. The lowest BCUT2D eigenvalue weighted by Crippen LogP contribution is -1.99. The Hall–Kier alpha value is -1.97. The molecule has 0 spiro atoms. The van der Waals surface area contributed by atoms with Crippen LogP contribution in [0.2, 0.25) is 0 Å². The third-order valence-corrected chi connectivity index (χ3v) is 2.47. The number of methoxy groups -OCH3 is 1. The third-order valence-electron chi connectivity index (χ3n) is 2.47. The van der Waals surface area contributed by atoms with Crippen LogP contribution in [0.1, 0.15) is 5.56 Å². The topological polar surface area (TPSA) is 39.1 Å². The van der Waals surface area contributed by atoms with Gasteiger partial charge in [-0.25, -0.2) is 4.98 Å². The first kappa shape index (κ1) is 10.5. The monoisotopic (exact) mass is 217 g/mol. The lowest BCUT2D eigenvalue weighted by atomic mass is 10.2. The summed E-state index contributed by atoms with van der Waals surface area (Å²) in [7, 11) is 3.62. The van der Waals surface area contributed by atoms with Crippen LogP contribution in [-0.2, 0) is 7.05 Å². The zero-order chi connectivity index (χ0) is 11.5. The molecule has 2 aromatic rings. The van der Waals surface area contributed by atoms with Crippen LogP contribution in [0.4, 0.5) is 11.6 Å². The van der Waals surface area contributed by atoms with Gasteiger partial charge >= 0.3 is 0 Å². The summed E-state index contributed by atoms with van der Waals surface area (Å²) < 4.78 is 7.14. The molecule has 0 aliphatic heterocycles. The van der Waals surface area contributed by atoms with Gasteiger partial charge in [0.25, 0.3) is 0 Å². The summed E-state index contributed by atoms with van der Waals surface area (Å²) in [5.74, 6) is 1.72. The van der Waals surface area contributed by atoms with Gasteiger partial charge in [-0.05, 0) is 30.7 Å². The fourth-order valence-electron chi connectivity index (χ4n) is 1.57. The smallest absolute Gasteiger partial charge is 0.207 e. The van der Waals surface area contributed by atoms with E-state index in [9.17, 15) is 0 Å². The van der Waals surface area contributed by atoms with Gasteiger partial charge in [0.05, 0.1) is 7.11 Å². The van der Waals surface area contributed by atoms with Crippen molar-refractivity contribution in [3.05, 3.63) is 36.2 Å². The highest BCUT2D eigenvalue weighted by atomic mass is 16.5. The number of hydrogen-bond acceptors (Lipinski definition) is 3. The van der Waals surface area contributed by atoms with Crippen molar-refractivity contribution in [1.82, 2.24) is 9.55 Å². The Morgan fingerprint density at radius 1 is 1.38 bits per heavy atom. The van der Waals surface area contributed by atoms with Gasteiger partial charge in [0.1, 0.15) is 5.75 Å². The van der Waals surface area contributed by atoms with Gasteiger partial charge in [-0.3, -0.25) is 0 Å². The number of anilines is 2. The molecular weight excluding hydrogens is 202 g/mol. The van der Waals surface area contributed by atoms with Crippen molar-refractivity contribution < 1.29 is 4.74 Å². The molecule has 0 saturated carbocycles. The zero-order valence-corrected chi connectivity index (χ0v) is 9.69. The second kappa shape index (κ2) is 4.26. The number of imidazole rings is 1. The highest BCUT2D eigenvalue weighted by Gasteiger charge is 2.02. The molecule has 0 saturated heterocycles. The maximum absolute atomic E-state index is 5.21. The van der Waals surface area contributed by atoms with Crippen molar-refractivity contribution in [2.75, 3.05) is 12.4 Å². The number of nitrogens with zero attached hydrogens (tertiary/aromatic N) is 2. The second-order valence-corrected chi connectivity index (χ2v) is 3.67. The van der Waals surface area contributed by atoms with Crippen molar-refractivity contribution in [3.8, 4) is 5.75 Å². The number of nitrogens with one attached hydrogen (secondary N) is 1. The van der Waals surface area contributed by atoms with Gasteiger partial charge in [-0.15, -0.1) is 0 Å². The van der Waals surface area contributed by atoms with Gasteiger partial charge in [0.15, 0.2) is 0 Å². The van der Waals surface area contributed by atoms with E-state index >= 15 is 0 Å². The van der Waals surface area contributed by atoms with Crippen molar-refractivity contribution in [3.63, 3.8) is 0 Å². The summed E-state index contributed by atoms with van der Waals surface area (Å²) in [5.41, 5.74) is 2.11. The Kier molecular flexibility index (Phi) is 2.81. The fourth-order valence-corrected chi connectivity index (χ4v) is 1.57. The van der Waals surface area contributed by atoms with Gasteiger partial charge in [0, 0.05) is 25.1 Å². The Morgan fingerprint density at radius 2 is 2.19 bits per heavy atom. The molecule has 0 atom stereocenters. The van der Waals surface area contributed by atoms with Gasteiger partial charge in [-0.2, -0.15) is 0 Å². The molecule has 0 aliphatic carbocycles. The van der Waals surface area contributed by atoms with Crippen molar-refractivity contribution >= 4 is 11.6 Å². The Morgan fingerprint density at radius 3 is 2.75 bits per heavy atom. The maximum Gasteiger partial charge on any atom is 0.207 e. The number of benzene rings is 1. The molecule has 0 radical (unpaired) electrons. The van der Waals surface area contributed by atoms with Crippen LogP contribution in [0.3, 0.4) is 0 Å². The number of rotatable bonds is 3. The van der Waals surface area contributed by atoms with Crippen LogP contribution in [0, 0.1) is 6.92 Å². The standard InChI is InChI=1S/C12H15N3O/c1-9-8-10(4-5-11(9)16-3)14-12-13-6-7-15(12)2/h4-8H,1-3H3,(H,13,14). The summed E-state index contributed by atoms with van der Waals surface area (Å²) >= 11 is 0. The molecule has 0 amide bonds. The van der Waals surface area contributed by atoms with Gasteiger partial charge in [0.2, 0.25) is 5.95 Å². The van der Waals surface area contributed by atoms with E-state index in [1.165, 1.54) is 0 Å². The minimum atomic E-state index is 0.824. The van der Waals surface area contributed by atoms with Crippen LogP contribution >= 0.6 is 0 Å². The van der Waals surface area contributed by atoms with Crippen LogP contribution in [0.5, 0.6) is 5.75 Å². The maximum atomic E-state index is 5.21. The molecular formula is C12H15N3O. The largest absolute Gasteiger partial charge is 0.496 e. The van der Waals surface area contributed by atoms with Crippen LogP contribution in [0.15, 0.2) is 30.6 Å². The molecule has 0 bridgehead atoms. The average Bonchev–Trinajstić information content (AvgIpc) is 2.65. The zero-order valence-electron chi connectivity index (χ0n) is 9.69. The molecule has 4 nitrogen and oxygen atoms in total. The minimum absolute atomic E-state index is 0.824. The summed E-state index contributed by atoms with van der Waals surface area (Å²) in [6.45, 7) is 2.02. The molecule has 4 heteroatoms. The fraction of sp³-hybridized carbons (Fsp3) is 0.250. The van der Waals surface area contributed by atoms with E-state index in [-0.39, 0.29) is 0 Å². The second-order valence-electron chi connectivity index (χ2n) is 3.67. The normalized spacial score (nSPS) is 10.2. The predicted octanol–water partition coefficient (Wildman–Crippen LogP) is 2.48. The van der Waals surface area contributed by atoms with E-state index in [0.29, 0.717) is 0 Å². The molecule has 1 N–H and O–H groups in total. The van der Waals surface area contributed by atoms with Crippen LogP contribution < -0.4 is 10.1 Å². The summed E-state index contributed by atoms with van der Waals surface area (Å²) in [6.07, 6.45) is 3.66. The first-order valence-electron chi connectivity index (χ1n) is 5.09. The number of aryl methyl sites for hydroxylation is 2. The van der Waals surface area contributed by atoms with Crippen molar-refractivity contribution in [1.29, 1.82) is 0 Å². The molecule has 1 aromatic carbocycles. The van der Waals surface area contributed by atoms with E-state index in [2.05, 4.69) is 10.3 Å². The molecule has 1 aromatic heterocycles. The first-order valence-corrected chi connectivity index (χ1v) is 5.09. The molecule has 2 rings (SSSR count). The molecule has 0 aliphatic rings. The molecule has 0 fully saturated rings. The minimum Gasteiger partial charge on any atom is -0.496 e. The van der Waals surface area contributed by atoms with E-state index < -0.39 is 0 Å². The van der Waals surface area contributed by atoms with E-state index in [0.717, 1.165) is 22.9 Å². The summed E-state index contributed by atoms with van der Waals surface area (Å²) in [6, 6.07) is 5.95. The van der Waals surface area contributed by atoms with E-state index in [4.69, 9.17) is 4.74 Å².